The van der Waals surface area contributed by atoms with E-state index in [4.69, 9.17) is 0 Å². The summed E-state index contributed by atoms with van der Waals surface area (Å²) in [4.78, 5) is 10.0. The van der Waals surface area contributed by atoms with Gasteiger partial charge in [-0.15, -0.1) is 0 Å². The summed E-state index contributed by atoms with van der Waals surface area (Å²) in [6, 6.07) is 17.5. The first-order valence-electron chi connectivity index (χ1n) is 15.0. The van der Waals surface area contributed by atoms with Gasteiger partial charge in [0, 0.05) is 28.7 Å². The van der Waals surface area contributed by atoms with Crippen molar-refractivity contribution in [1.82, 2.24) is 14.8 Å². The van der Waals surface area contributed by atoms with E-state index in [-0.39, 0.29) is 0 Å². The van der Waals surface area contributed by atoms with E-state index in [1.807, 2.05) is 12.1 Å². The van der Waals surface area contributed by atoms with E-state index in [1.165, 1.54) is 48.9 Å². The quantitative estimate of drug-likeness (QED) is 0.403. The summed E-state index contributed by atoms with van der Waals surface area (Å²) < 4.78 is 0. The van der Waals surface area contributed by atoms with Crippen molar-refractivity contribution in [3.63, 3.8) is 0 Å². The summed E-state index contributed by atoms with van der Waals surface area (Å²) in [5.41, 5.74) is 11.3. The number of pyridine rings is 1. The minimum absolute atomic E-state index is 0.440. The number of nitriles is 1. The molecule has 1 aliphatic heterocycles. The molecule has 0 amide bonds. The van der Waals surface area contributed by atoms with Crippen LogP contribution in [0.15, 0.2) is 108 Å². The summed E-state index contributed by atoms with van der Waals surface area (Å²) in [6.07, 6.45) is 28.1. The summed E-state index contributed by atoms with van der Waals surface area (Å²) in [7, 11) is 0. The van der Waals surface area contributed by atoms with Crippen molar-refractivity contribution in [3.05, 3.63) is 119 Å². The molecule has 4 aliphatic carbocycles. The lowest BCUT2D eigenvalue weighted by Gasteiger charge is -2.51. The highest BCUT2D eigenvalue weighted by Gasteiger charge is 2.39. The molecule has 0 saturated heterocycles. The van der Waals surface area contributed by atoms with E-state index >= 15 is 0 Å². The van der Waals surface area contributed by atoms with Crippen molar-refractivity contribution in [1.29, 1.82) is 5.26 Å². The molecule has 200 valence electrons. The second kappa shape index (κ2) is 10.8. The van der Waals surface area contributed by atoms with Gasteiger partial charge in [0.2, 0.25) is 0 Å². The molecule has 4 nitrogen and oxygen atoms in total. The average Bonchev–Trinajstić information content (AvgIpc) is 3.04. The van der Waals surface area contributed by atoms with E-state index in [2.05, 4.69) is 87.7 Å². The van der Waals surface area contributed by atoms with E-state index in [1.54, 1.807) is 23.2 Å². The fourth-order valence-corrected chi connectivity index (χ4v) is 7.24. The van der Waals surface area contributed by atoms with Crippen LogP contribution in [0.5, 0.6) is 0 Å². The third-order valence-corrected chi connectivity index (χ3v) is 9.08. The Hall–Kier alpha value is -4.10. The zero-order valence-electron chi connectivity index (χ0n) is 23.1. The highest BCUT2D eigenvalue weighted by molar-refractivity contribution is 5.70. The third-order valence-electron chi connectivity index (χ3n) is 9.08. The molecular weight excluding hydrogens is 488 g/mol. The number of rotatable bonds is 4. The van der Waals surface area contributed by atoms with Crippen molar-refractivity contribution in [2.24, 2.45) is 0 Å². The summed E-state index contributed by atoms with van der Waals surface area (Å²) >= 11 is 0. The molecule has 0 bridgehead atoms. The van der Waals surface area contributed by atoms with Crippen LogP contribution in [0.3, 0.4) is 0 Å². The van der Waals surface area contributed by atoms with E-state index in [0.29, 0.717) is 17.8 Å². The number of nitrogens with zero attached hydrogens (tertiary/aromatic N) is 4. The molecule has 0 N–H and O–H groups in total. The van der Waals surface area contributed by atoms with Gasteiger partial charge >= 0.3 is 0 Å². The SMILES string of the molecule is N#Cc1cccc(-c2ccc(C3=CCCC(N4C5=C(CCC=C5)N(C5C=CC=CC5)C5=C4CCCC5)C3)cc2)n1. The first kappa shape index (κ1) is 24.9. The third kappa shape index (κ3) is 4.54. The minimum Gasteiger partial charge on any atom is -0.339 e. The fraction of sp³-hybridized carbons (Fsp3) is 0.333. The molecule has 40 heavy (non-hydrogen) atoms. The van der Waals surface area contributed by atoms with Crippen LogP contribution >= 0.6 is 0 Å². The van der Waals surface area contributed by atoms with Gasteiger partial charge in [-0.1, -0.05) is 66.8 Å². The predicted molar refractivity (Wildman–Crippen MR) is 161 cm³/mol. The zero-order valence-corrected chi connectivity index (χ0v) is 23.1. The van der Waals surface area contributed by atoms with Gasteiger partial charge < -0.3 is 9.80 Å². The topological polar surface area (TPSA) is 43.2 Å². The number of hydrogen-bond acceptors (Lipinski definition) is 4. The Bertz CT molecular complexity index is 1530. The summed E-state index contributed by atoms with van der Waals surface area (Å²) in [6.45, 7) is 0. The lowest BCUT2D eigenvalue weighted by Crippen LogP contribution is -2.46. The van der Waals surface area contributed by atoms with Crippen LogP contribution in [0, 0.1) is 11.3 Å². The molecule has 0 spiro atoms. The van der Waals surface area contributed by atoms with Gasteiger partial charge in [-0.25, -0.2) is 4.98 Å². The van der Waals surface area contributed by atoms with E-state index < -0.39 is 0 Å². The van der Waals surface area contributed by atoms with Crippen LogP contribution in [0.4, 0.5) is 0 Å². The average molecular weight is 525 g/mol. The van der Waals surface area contributed by atoms with Crippen molar-refractivity contribution in [2.45, 2.75) is 76.3 Å². The van der Waals surface area contributed by atoms with Crippen LogP contribution in [-0.2, 0) is 0 Å². The summed E-state index contributed by atoms with van der Waals surface area (Å²) in [5.74, 6) is 0. The lowest BCUT2D eigenvalue weighted by molar-refractivity contribution is 0.211. The largest absolute Gasteiger partial charge is 0.339 e. The minimum atomic E-state index is 0.440. The van der Waals surface area contributed by atoms with Gasteiger partial charge in [0.05, 0.1) is 17.4 Å². The Morgan fingerprint density at radius 3 is 2.45 bits per heavy atom. The standard InChI is InChI=1S/C36H36N4/c37-25-29-11-9-15-32(38-29)27-22-20-26(21-23-27)28-10-8-14-31(24-28)40-35-18-6-4-16-33(35)39(30-12-2-1-3-13-30)34-17-5-7-19-36(34)40/h1-3,6,9-12,15,18,20-23,30-31H,4-5,7-8,13-14,16-17,19,24H2. The second-order valence-corrected chi connectivity index (χ2v) is 11.5. The number of allylic oxidation sites excluding steroid dienone is 8. The Labute approximate surface area is 238 Å². The summed E-state index contributed by atoms with van der Waals surface area (Å²) in [5, 5.41) is 9.24. The van der Waals surface area contributed by atoms with Crippen LogP contribution in [-0.4, -0.2) is 26.9 Å². The molecule has 0 fully saturated rings. The van der Waals surface area contributed by atoms with Crippen molar-refractivity contribution in [3.8, 4) is 17.3 Å². The van der Waals surface area contributed by atoms with E-state index in [0.717, 1.165) is 43.4 Å². The van der Waals surface area contributed by atoms with Crippen molar-refractivity contribution < 1.29 is 0 Å². The first-order valence-corrected chi connectivity index (χ1v) is 15.0. The molecule has 2 aromatic rings. The van der Waals surface area contributed by atoms with Gasteiger partial charge in [-0.3, -0.25) is 0 Å². The van der Waals surface area contributed by atoms with Gasteiger partial charge in [0.25, 0.3) is 0 Å². The molecule has 2 unspecified atom stereocenters. The maximum atomic E-state index is 9.24. The molecule has 2 heterocycles. The molecule has 1 aromatic carbocycles. The highest BCUT2D eigenvalue weighted by atomic mass is 15.3. The van der Waals surface area contributed by atoms with Crippen LogP contribution < -0.4 is 0 Å². The van der Waals surface area contributed by atoms with Gasteiger partial charge in [-0.05, 0) is 93.6 Å². The van der Waals surface area contributed by atoms with Crippen LogP contribution in [0.1, 0.15) is 75.5 Å². The molecular formula is C36H36N4. The smallest absolute Gasteiger partial charge is 0.141 e. The zero-order chi connectivity index (χ0) is 26.9. The van der Waals surface area contributed by atoms with Gasteiger partial charge in [0.1, 0.15) is 11.8 Å². The number of hydrogen-bond donors (Lipinski definition) is 0. The normalized spacial score (nSPS) is 24.0. The van der Waals surface area contributed by atoms with Crippen molar-refractivity contribution >= 4 is 5.57 Å². The van der Waals surface area contributed by atoms with Gasteiger partial charge in [0.15, 0.2) is 0 Å². The molecule has 4 heteroatoms. The molecule has 1 aromatic heterocycles. The highest BCUT2D eigenvalue weighted by Crippen LogP contribution is 2.47. The Morgan fingerprint density at radius 2 is 1.65 bits per heavy atom. The molecule has 5 aliphatic rings. The lowest BCUT2D eigenvalue weighted by atomic mass is 9.85. The Kier molecular flexibility index (Phi) is 6.73. The Morgan fingerprint density at radius 1 is 0.825 bits per heavy atom. The van der Waals surface area contributed by atoms with Crippen LogP contribution in [0.25, 0.3) is 16.8 Å². The molecule has 2 atom stereocenters. The first-order chi connectivity index (χ1) is 19.8. The molecule has 0 saturated carbocycles. The Balaban J connectivity index is 1.19. The molecule has 7 rings (SSSR count). The maximum Gasteiger partial charge on any atom is 0.141 e. The van der Waals surface area contributed by atoms with E-state index in [9.17, 15) is 5.26 Å². The van der Waals surface area contributed by atoms with Crippen LogP contribution in [0.2, 0.25) is 0 Å². The fourth-order valence-electron chi connectivity index (χ4n) is 7.24. The molecule has 0 radical (unpaired) electrons. The number of aromatic nitrogens is 1. The number of benzene rings is 1. The maximum absolute atomic E-state index is 9.24. The monoisotopic (exact) mass is 524 g/mol. The second-order valence-electron chi connectivity index (χ2n) is 11.5. The van der Waals surface area contributed by atoms with Crippen molar-refractivity contribution in [2.75, 3.05) is 0 Å². The predicted octanol–water partition coefficient (Wildman–Crippen LogP) is 8.41. The van der Waals surface area contributed by atoms with Gasteiger partial charge in [-0.2, -0.15) is 5.26 Å².